The molecular formula is C12H23N7O. The maximum atomic E-state index is 5.46. The largest absolute Gasteiger partial charge is 0.383 e. The molecule has 1 unspecified atom stereocenters. The standard InChI is InChI=1S/C12H23N7O/c1-9(8-20-3)18(2)11-14-10(17-13)15-12(16-11)19-6-4-5-7-19/h9H,4-8,13H2,1-3H3,(H,14,15,16,17). The van der Waals surface area contributed by atoms with Crippen molar-refractivity contribution in [3.63, 3.8) is 0 Å². The van der Waals surface area contributed by atoms with Crippen LogP contribution in [0.5, 0.6) is 0 Å². The number of likely N-dealkylation sites (N-methyl/N-ethyl adjacent to an activating group) is 1. The topological polar surface area (TPSA) is 92.4 Å². The summed E-state index contributed by atoms with van der Waals surface area (Å²) >= 11 is 0. The van der Waals surface area contributed by atoms with E-state index in [1.165, 1.54) is 12.8 Å². The van der Waals surface area contributed by atoms with Gasteiger partial charge in [-0.05, 0) is 19.8 Å². The molecule has 8 heteroatoms. The van der Waals surface area contributed by atoms with Gasteiger partial charge in [0.05, 0.1) is 12.6 Å². The molecular weight excluding hydrogens is 258 g/mol. The van der Waals surface area contributed by atoms with Crippen LogP contribution in [0.4, 0.5) is 17.8 Å². The highest BCUT2D eigenvalue weighted by molar-refractivity contribution is 5.45. The average molecular weight is 281 g/mol. The van der Waals surface area contributed by atoms with Gasteiger partial charge in [0.15, 0.2) is 0 Å². The fraction of sp³-hybridized carbons (Fsp3) is 0.750. The normalized spacial score (nSPS) is 16.3. The van der Waals surface area contributed by atoms with E-state index in [4.69, 9.17) is 10.6 Å². The lowest BCUT2D eigenvalue weighted by molar-refractivity contribution is 0.183. The van der Waals surface area contributed by atoms with Gasteiger partial charge in [-0.15, -0.1) is 0 Å². The Hall–Kier alpha value is -1.67. The minimum Gasteiger partial charge on any atom is -0.383 e. The third kappa shape index (κ3) is 3.26. The highest BCUT2D eigenvalue weighted by Gasteiger charge is 2.20. The molecule has 112 valence electrons. The second-order valence-corrected chi connectivity index (χ2v) is 5.01. The second-order valence-electron chi connectivity index (χ2n) is 5.01. The van der Waals surface area contributed by atoms with E-state index in [9.17, 15) is 0 Å². The SMILES string of the molecule is COCC(C)N(C)c1nc(NN)nc(N2CCCC2)n1. The lowest BCUT2D eigenvalue weighted by Gasteiger charge is -2.25. The van der Waals surface area contributed by atoms with Gasteiger partial charge in [-0.1, -0.05) is 0 Å². The zero-order valence-corrected chi connectivity index (χ0v) is 12.3. The van der Waals surface area contributed by atoms with Gasteiger partial charge in [0.2, 0.25) is 17.8 Å². The number of anilines is 3. The number of hydrazine groups is 1. The predicted octanol–water partition coefficient (Wildman–Crippen LogP) is 0.229. The predicted molar refractivity (Wildman–Crippen MR) is 78.8 cm³/mol. The number of hydrogen-bond donors (Lipinski definition) is 2. The van der Waals surface area contributed by atoms with Gasteiger partial charge in [-0.2, -0.15) is 15.0 Å². The summed E-state index contributed by atoms with van der Waals surface area (Å²) in [6, 6.07) is 0.166. The molecule has 1 fully saturated rings. The summed E-state index contributed by atoms with van der Waals surface area (Å²) < 4.78 is 5.17. The number of nitrogen functional groups attached to an aromatic ring is 1. The highest BCUT2D eigenvalue weighted by atomic mass is 16.5. The van der Waals surface area contributed by atoms with Crippen LogP contribution in [0.2, 0.25) is 0 Å². The molecule has 8 nitrogen and oxygen atoms in total. The van der Waals surface area contributed by atoms with Crippen LogP contribution in [0.1, 0.15) is 19.8 Å². The Labute approximate surface area is 119 Å². The summed E-state index contributed by atoms with van der Waals surface area (Å²) in [5.41, 5.74) is 2.51. The summed E-state index contributed by atoms with van der Waals surface area (Å²) in [6.07, 6.45) is 2.34. The zero-order valence-electron chi connectivity index (χ0n) is 12.3. The Morgan fingerprint density at radius 2 is 2.05 bits per heavy atom. The van der Waals surface area contributed by atoms with E-state index in [0.717, 1.165) is 13.1 Å². The van der Waals surface area contributed by atoms with Crippen LogP contribution in [-0.2, 0) is 4.74 Å². The minimum absolute atomic E-state index is 0.166. The highest BCUT2D eigenvalue weighted by Crippen LogP contribution is 2.20. The molecule has 1 aromatic heterocycles. The third-order valence-corrected chi connectivity index (χ3v) is 3.51. The monoisotopic (exact) mass is 281 g/mol. The molecule has 1 saturated heterocycles. The molecule has 1 aliphatic rings. The summed E-state index contributed by atoms with van der Waals surface area (Å²) in [5.74, 6) is 7.11. The third-order valence-electron chi connectivity index (χ3n) is 3.51. The summed E-state index contributed by atoms with van der Waals surface area (Å²) in [6.45, 7) is 4.61. The summed E-state index contributed by atoms with van der Waals surface area (Å²) in [7, 11) is 3.62. The molecule has 1 atom stereocenters. The maximum absolute atomic E-state index is 5.46. The van der Waals surface area contributed by atoms with Gasteiger partial charge < -0.3 is 14.5 Å². The molecule has 2 rings (SSSR count). The lowest BCUT2D eigenvalue weighted by atomic mass is 10.3. The van der Waals surface area contributed by atoms with Crippen molar-refractivity contribution in [2.75, 3.05) is 49.1 Å². The number of nitrogens with two attached hydrogens (primary N) is 1. The Bertz CT molecular complexity index is 436. The Kier molecular flexibility index (Phi) is 4.91. The summed E-state index contributed by atoms with van der Waals surface area (Å²) in [4.78, 5) is 17.3. The van der Waals surface area contributed by atoms with Gasteiger partial charge in [-0.3, -0.25) is 5.43 Å². The van der Waals surface area contributed by atoms with E-state index in [1.807, 2.05) is 11.9 Å². The maximum Gasteiger partial charge on any atom is 0.243 e. The van der Waals surface area contributed by atoms with E-state index in [0.29, 0.717) is 24.5 Å². The van der Waals surface area contributed by atoms with E-state index >= 15 is 0 Å². The fourth-order valence-electron chi connectivity index (χ4n) is 2.18. The van der Waals surface area contributed by atoms with Crippen molar-refractivity contribution in [2.24, 2.45) is 5.84 Å². The van der Waals surface area contributed by atoms with Crippen LogP contribution in [0.3, 0.4) is 0 Å². The van der Waals surface area contributed by atoms with Crippen LogP contribution in [0.25, 0.3) is 0 Å². The molecule has 3 N–H and O–H groups in total. The van der Waals surface area contributed by atoms with Gasteiger partial charge in [0.25, 0.3) is 0 Å². The first-order chi connectivity index (χ1) is 9.65. The Morgan fingerprint density at radius 3 is 2.65 bits per heavy atom. The first-order valence-corrected chi connectivity index (χ1v) is 6.85. The number of rotatable bonds is 6. The van der Waals surface area contributed by atoms with Crippen molar-refractivity contribution >= 4 is 17.8 Å². The van der Waals surface area contributed by atoms with Gasteiger partial charge in [-0.25, -0.2) is 5.84 Å². The number of hydrogen-bond acceptors (Lipinski definition) is 8. The molecule has 0 saturated carbocycles. The van der Waals surface area contributed by atoms with Crippen molar-refractivity contribution in [1.29, 1.82) is 0 Å². The molecule has 0 radical (unpaired) electrons. The van der Waals surface area contributed by atoms with Crippen LogP contribution in [0, 0.1) is 0 Å². The van der Waals surface area contributed by atoms with Crippen molar-refractivity contribution in [3.8, 4) is 0 Å². The first-order valence-electron chi connectivity index (χ1n) is 6.85. The zero-order chi connectivity index (χ0) is 14.5. The van der Waals surface area contributed by atoms with E-state index in [-0.39, 0.29) is 6.04 Å². The average Bonchev–Trinajstić information content (AvgIpc) is 3.00. The first kappa shape index (κ1) is 14.7. The lowest BCUT2D eigenvalue weighted by Crippen LogP contribution is -2.35. The number of nitrogens with one attached hydrogen (secondary N) is 1. The van der Waals surface area contributed by atoms with Crippen LogP contribution >= 0.6 is 0 Å². The number of nitrogens with zero attached hydrogens (tertiary/aromatic N) is 5. The van der Waals surface area contributed by atoms with Crippen molar-refractivity contribution in [3.05, 3.63) is 0 Å². The van der Waals surface area contributed by atoms with E-state index < -0.39 is 0 Å². The minimum atomic E-state index is 0.166. The van der Waals surface area contributed by atoms with Crippen LogP contribution < -0.4 is 21.1 Å². The quantitative estimate of drug-likeness (QED) is 0.565. The van der Waals surface area contributed by atoms with E-state index in [2.05, 4.69) is 32.2 Å². The van der Waals surface area contributed by atoms with Crippen LogP contribution in [0.15, 0.2) is 0 Å². The fourth-order valence-corrected chi connectivity index (χ4v) is 2.18. The Morgan fingerprint density at radius 1 is 1.35 bits per heavy atom. The number of ether oxygens (including phenoxy) is 1. The molecule has 1 aromatic rings. The Balaban J connectivity index is 2.25. The second kappa shape index (κ2) is 6.67. The van der Waals surface area contributed by atoms with Crippen LogP contribution in [-0.4, -0.2) is 54.8 Å². The van der Waals surface area contributed by atoms with Crippen molar-refractivity contribution in [2.45, 2.75) is 25.8 Å². The molecule has 1 aliphatic heterocycles. The molecule has 0 aromatic carbocycles. The van der Waals surface area contributed by atoms with Gasteiger partial charge in [0, 0.05) is 27.2 Å². The molecule has 0 aliphatic carbocycles. The van der Waals surface area contributed by atoms with Crippen molar-refractivity contribution < 1.29 is 4.74 Å². The van der Waals surface area contributed by atoms with Gasteiger partial charge in [0.1, 0.15) is 0 Å². The molecule has 0 bridgehead atoms. The molecule has 0 spiro atoms. The molecule has 20 heavy (non-hydrogen) atoms. The smallest absolute Gasteiger partial charge is 0.243 e. The molecule has 2 heterocycles. The number of methoxy groups -OCH3 is 1. The summed E-state index contributed by atoms with van der Waals surface area (Å²) in [5, 5.41) is 0. The van der Waals surface area contributed by atoms with Gasteiger partial charge >= 0.3 is 0 Å². The molecule has 0 amide bonds. The number of aromatic nitrogens is 3. The van der Waals surface area contributed by atoms with E-state index in [1.54, 1.807) is 7.11 Å². The van der Waals surface area contributed by atoms with Crippen molar-refractivity contribution in [1.82, 2.24) is 15.0 Å².